The van der Waals surface area contributed by atoms with Gasteiger partial charge in [-0.05, 0) is 12.1 Å². The molecule has 0 radical (unpaired) electrons. The number of pyridine rings is 1. The van der Waals surface area contributed by atoms with Crippen molar-refractivity contribution >= 4 is 5.82 Å². The topological polar surface area (TPSA) is 53.9 Å². The van der Waals surface area contributed by atoms with Crippen LogP contribution >= 0.6 is 0 Å². The number of aromatic nitrogens is 3. The molecule has 1 N–H and O–H groups in total. The van der Waals surface area contributed by atoms with Crippen molar-refractivity contribution in [2.24, 2.45) is 0 Å². The van der Waals surface area contributed by atoms with Crippen molar-refractivity contribution in [1.82, 2.24) is 20.3 Å². The van der Waals surface area contributed by atoms with Crippen molar-refractivity contribution < 1.29 is 0 Å². The second kappa shape index (κ2) is 5.10. The van der Waals surface area contributed by atoms with Crippen LogP contribution in [0.1, 0.15) is 0 Å². The first-order valence-electron chi connectivity index (χ1n) is 6.12. The molecule has 3 rings (SSSR count). The number of nitrogens with zero attached hydrogens (tertiary/aromatic N) is 4. The van der Waals surface area contributed by atoms with Crippen LogP contribution in [0.2, 0.25) is 0 Å². The Morgan fingerprint density at radius 3 is 2.67 bits per heavy atom. The molecule has 2 aromatic heterocycles. The van der Waals surface area contributed by atoms with Gasteiger partial charge in [0.2, 0.25) is 0 Å². The second-order valence-electron chi connectivity index (χ2n) is 4.21. The van der Waals surface area contributed by atoms with E-state index in [4.69, 9.17) is 0 Å². The molecule has 0 bridgehead atoms. The molecule has 2 aromatic rings. The summed E-state index contributed by atoms with van der Waals surface area (Å²) < 4.78 is 0. The molecule has 0 spiro atoms. The van der Waals surface area contributed by atoms with E-state index in [-0.39, 0.29) is 0 Å². The number of nitrogens with one attached hydrogen (secondary N) is 1. The zero-order valence-electron chi connectivity index (χ0n) is 10.1. The van der Waals surface area contributed by atoms with Gasteiger partial charge in [-0.2, -0.15) is 0 Å². The molecule has 1 aliphatic heterocycles. The molecule has 1 aliphatic rings. The van der Waals surface area contributed by atoms with Crippen LogP contribution in [0, 0.1) is 0 Å². The number of rotatable bonds is 2. The lowest BCUT2D eigenvalue weighted by molar-refractivity contribution is 0.584. The van der Waals surface area contributed by atoms with Gasteiger partial charge in [-0.3, -0.25) is 4.98 Å². The fourth-order valence-corrected chi connectivity index (χ4v) is 2.07. The van der Waals surface area contributed by atoms with Crippen molar-refractivity contribution in [1.29, 1.82) is 0 Å². The highest BCUT2D eigenvalue weighted by Gasteiger charge is 2.12. The summed E-state index contributed by atoms with van der Waals surface area (Å²) in [6.45, 7) is 3.98. The van der Waals surface area contributed by atoms with Crippen LogP contribution in [0.5, 0.6) is 0 Å². The molecule has 3 heterocycles. The molecule has 0 atom stereocenters. The van der Waals surface area contributed by atoms with E-state index in [9.17, 15) is 0 Å². The Morgan fingerprint density at radius 1 is 1.00 bits per heavy atom. The van der Waals surface area contributed by atoms with Gasteiger partial charge >= 0.3 is 0 Å². The van der Waals surface area contributed by atoms with Gasteiger partial charge < -0.3 is 10.2 Å². The van der Waals surface area contributed by atoms with Crippen LogP contribution in [0.25, 0.3) is 11.4 Å². The standard InChI is InChI=1S/C13H15N5/c1-2-4-15-11(3-1)12-9-13(17-10-16-12)18-7-5-14-6-8-18/h1-4,9-10,14H,5-8H2. The molecule has 92 valence electrons. The van der Waals surface area contributed by atoms with Crippen molar-refractivity contribution in [3.8, 4) is 11.4 Å². The van der Waals surface area contributed by atoms with E-state index < -0.39 is 0 Å². The maximum absolute atomic E-state index is 4.35. The zero-order chi connectivity index (χ0) is 12.2. The molecule has 0 aliphatic carbocycles. The monoisotopic (exact) mass is 241 g/mol. The highest BCUT2D eigenvalue weighted by atomic mass is 15.2. The Bertz CT molecular complexity index is 508. The van der Waals surface area contributed by atoms with Crippen LogP contribution in [0.4, 0.5) is 5.82 Å². The molecule has 0 aromatic carbocycles. The van der Waals surface area contributed by atoms with Gasteiger partial charge in [-0.15, -0.1) is 0 Å². The van der Waals surface area contributed by atoms with Gasteiger partial charge in [0.15, 0.2) is 0 Å². The predicted octanol–water partition coefficient (Wildman–Crippen LogP) is 0.948. The van der Waals surface area contributed by atoms with E-state index in [1.54, 1.807) is 12.5 Å². The Labute approximate surface area is 106 Å². The summed E-state index contributed by atoms with van der Waals surface area (Å²) in [7, 11) is 0. The summed E-state index contributed by atoms with van der Waals surface area (Å²) in [5, 5.41) is 3.33. The Balaban J connectivity index is 1.89. The second-order valence-corrected chi connectivity index (χ2v) is 4.21. The van der Waals surface area contributed by atoms with Gasteiger partial charge in [0.25, 0.3) is 0 Å². The van der Waals surface area contributed by atoms with Gasteiger partial charge in [0.05, 0.1) is 11.4 Å². The van der Waals surface area contributed by atoms with Crippen LogP contribution in [0.15, 0.2) is 36.8 Å². The third kappa shape index (κ3) is 2.31. The van der Waals surface area contributed by atoms with E-state index in [1.165, 1.54) is 0 Å². The van der Waals surface area contributed by atoms with Gasteiger partial charge in [-0.25, -0.2) is 9.97 Å². The fraction of sp³-hybridized carbons (Fsp3) is 0.308. The molecule has 1 fully saturated rings. The summed E-state index contributed by atoms with van der Waals surface area (Å²) in [4.78, 5) is 15.2. The van der Waals surface area contributed by atoms with Crippen LogP contribution in [-0.2, 0) is 0 Å². The van der Waals surface area contributed by atoms with Gasteiger partial charge in [0.1, 0.15) is 12.1 Å². The van der Waals surface area contributed by atoms with Crippen LogP contribution < -0.4 is 10.2 Å². The summed E-state index contributed by atoms with van der Waals surface area (Å²) in [6, 6.07) is 7.84. The van der Waals surface area contributed by atoms with Crippen molar-refractivity contribution in [3.05, 3.63) is 36.8 Å². The average Bonchev–Trinajstić information content (AvgIpc) is 2.49. The quantitative estimate of drug-likeness (QED) is 0.848. The lowest BCUT2D eigenvalue weighted by atomic mass is 10.2. The molecular weight excluding hydrogens is 226 g/mol. The Morgan fingerprint density at radius 2 is 1.89 bits per heavy atom. The first-order chi connectivity index (χ1) is 8.93. The zero-order valence-corrected chi connectivity index (χ0v) is 10.1. The van der Waals surface area contributed by atoms with Crippen LogP contribution in [-0.4, -0.2) is 41.1 Å². The van der Waals surface area contributed by atoms with E-state index in [0.29, 0.717) is 0 Å². The molecule has 5 nitrogen and oxygen atoms in total. The Hall–Kier alpha value is -2.01. The van der Waals surface area contributed by atoms with Crippen molar-refractivity contribution in [2.75, 3.05) is 31.1 Å². The maximum atomic E-state index is 4.35. The number of piperazine rings is 1. The highest BCUT2D eigenvalue weighted by molar-refractivity contribution is 5.58. The van der Waals surface area contributed by atoms with Gasteiger partial charge in [0, 0.05) is 38.4 Å². The third-order valence-electron chi connectivity index (χ3n) is 3.02. The average molecular weight is 241 g/mol. The van der Waals surface area contributed by atoms with Gasteiger partial charge in [-0.1, -0.05) is 6.07 Å². The summed E-state index contributed by atoms with van der Waals surface area (Å²) in [5.41, 5.74) is 1.76. The lowest BCUT2D eigenvalue weighted by Crippen LogP contribution is -2.43. The van der Waals surface area contributed by atoms with Crippen molar-refractivity contribution in [2.45, 2.75) is 0 Å². The minimum atomic E-state index is 0.874. The van der Waals surface area contributed by atoms with Crippen molar-refractivity contribution in [3.63, 3.8) is 0 Å². The van der Waals surface area contributed by atoms with E-state index in [0.717, 1.165) is 43.4 Å². The highest BCUT2D eigenvalue weighted by Crippen LogP contribution is 2.18. The van der Waals surface area contributed by atoms with Crippen LogP contribution in [0.3, 0.4) is 0 Å². The minimum Gasteiger partial charge on any atom is -0.354 e. The molecule has 1 saturated heterocycles. The summed E-state index contributed by atoms with van der Waals surface area (Å²) >= 11 is 0. The fourth-order valence-electron chi connectivity index (χ4n) is 2.07. The van der Waals surface area contributed by atoms with E-state index in [2.05, 4.69) is 25.2 Å². The summed E-state index contributed by atoms with van der Waals surface area (Å²) in [6.07, 6.45) is 3.39. The normalized spacial score (nSPS) is 15.7. The SMILES string of the molecule is c1ccc(-c2cc(N3CCNCC3)ncn2)nc1. The largest absolute Gasteiger partial charge is 0.354 e. The first-order valence-corrected chi connectivity index (χ1v) is 6.12. The molecule has 18 heavy (non-hydrogen) atoms. The summed E-state index contributed by atoms with van der Waals surface area (Å²) in [5.74, 6) is 0.979. The first kappa shape index (κ1) is 11.1. The minimum absolute atomic E-state index is 0.874. The number of anilines is 1. The number of hydrogen-bond donors (Lipinski definition) is 1. The molecule has 0 amide bonds. The lowest BCUT2D eigenvalue weighted by Gasteiger charge is -2.28. The van der Waals surface area contributed by atoms with E-state index >= 15 is 0 Å². The molecule has 5 heteroatoms. The Kier molecular flexibility index (Phi) is 3.14. The number of hydrogen-bond acceptors (Lipinski definition) is 5. The smallest absolute Gasteiger partial charge is 0.132 e. The predicted molar refractivity (Wildman–Crippen MR) is 70.3 cm³/mol. The van der Waals surface area contributed by atoms with E-state index in [1.807, 2.05) is 24.3 Å². The maximum Gasteiger partial charge on any atom is 0.132 e. The molecule has 0 saturated carbocycles. The molecular formula is C13H15N5. The third-order valence-corrected chi connectivity index (χ3v) is 3.02. The molecule has 0 unspecified atom stereocenters.